The highest BCUT2D eigenvalue weighted by Crippen LogP contribution is 2.41. The molecule has 0 aliphatic heterocycles. The monoisotopic (exact) mass is 638 g/mol. The summed E-state index contributed by atoms with van der Waals surface area (Å²) in [6, 6.07) is 41.2. The Morgan fingerprint density at radius 1 is 0.420 bits per heavy atom. The first-order chi connectivity index (χ1) is 24.3. The topological polar surface area (TPSA) is 142 Å². The summed E-state index contributed by atoms with van der Waals surface area (Å²) >= 11 is 0. The second-order valence-corrected chi connectivity index (χ2v) is 12.2. The summed E-state index contributed by atoms with van der Waals surface area (Å²) in [4.78, 5) is 4.59. The number of pyridine rings is 1. The highest BCUT2D eigenvalue weighted by Gasteiger charge is 2.23. The Hall–Kier alpha value is -7.70. The Morgan fingerprint density at radius 3 is 1.04 bits per heavy atom. The summed E-state index contributed by atoms with van der Waals surface area (Å²) in [5.74, 6) is 0. The average Bonchev–Trinajstić information content (AvgIpc) is 3.64. The number of nitrogens with zero attached hydrogens (tertiary/aromatic N) is 8. The predicted molar refractivity (Wildman–Crippen MR) is 191 cm³/mol. The minimum absolute atomic E-state index is 0.322. The van der Waals surface area contributed by atoms with Gasteiger partial charge in [0.25, 0.3) is 0 Å². The molecule has 0 unspecified atom stereocenters. The van der Waals surface area contributed by atoms with Crippen LogP contribution in [0, 0.1) is 70.5 Å². The molecule has 3 aromatic heterocycles. The molecule has 0 fully saturated rings. The first-order valence-electron chi connectivity index (χ1n) is 15.7. The number of nitriles is 5. The third kappa shape index (κ3) is 4.45. The van der Waals surface area contributed by atoms with Crippen LogP contribution in [0.3, 0.4) is 0 Å². The molecule has 0 bridgehead atoms. The Balaban J connectivity index is 1.61. The second-order valence-electron chi connectivity index (χ2n) is 12.2. The van der Waals surface area contributed by atoms with Gasteiger partial charge in [0.05, 0.1) is 80.0 Å². The molecule has 230 valence electrons. The highest BCUT2D eigenvalue weighted by atomic mass is 15.0. The van der Waals surface area contributed by atoms with Crippen LogP contribution < -0.4 is 0 Å². The molecule has 0 spiro atoms. The van der Waals surface area contributed by atoms with Gasteiger partial charge >= 0.3 is 0 Å². The van der Waals surface area contributed by atoms with Crippen LogP contribution in [0.5, 0.6) is 0 Å². The van der Waals surface area contributed by atoms with Crippen LogP contribution in [-0.2, 0) is 0 Å². The van der Waals surface area contributed by atoms with Crippen molar-refractivity contribution in [3.05, 3.63) is 136 Å². The molecule has 0 aliphatic rings. The maximum Gasteiger partial charge on any atom is 0.104 e. The number of benzene rings is 5. The lowest BCUT2D eigenvalue weighted by Crippen LogP contribution is -2.06. The molecule has 8 nitrogen and oxygen atoms in total. The Kier molecular flexibility index (Phi) is 6.66. The normalized spacial score (nSPS) is 10.9. The van der Waals surface area contributed by atoms with Gasteiger partial charge in [-0.2, -0.15) is 26.3 Å². The average molecular weight is 639 g/mol. The van der Waals surface area contributed by atoms with E-state index in [0.717, 1.165) is 44.1 Å². The summed E-state index contributed by atoms with van der Waals surface area (Å²) in [6.07, 6.45) is 0. The molecule has 5 aromatic carbocycles. The lowest BCUT2D eigenvalue weighted by molar-refractivity contribution is 1.11. The van der Waals surface area contributed by atoms with Gasteiger partial charge in [-0.3, -0.25) is 4.98 Å². The standard InChI is InChI=1S/C42H22N8/c1-24-11-30(12-25(2)48-24)31-17-41(49-37-13-26(19-43)3-7-32(37)33-8-4-27(20-44)14-38(33)49)36(23-47)42(18-31)50-39-15-28(21-45)5-9-34(39)35-10-6-29(22-46)16-40(35)50/h3-18H,1-2H3. The van der Waals surface area contributed by atoms with Crippen molar-refractivity contribution in [1.82, 2.24) is 14.1 Å². The molecule has 0 amide bonds. The van der Waals surface area contributed by atoms with Gasteiger partial charge < -0.3 is 9.13 Å². The molecule has 0 atom stereocenters. The first-order valence-corrected chi connectivity index (χ1v) is 15.7. The number of hydrogen-bond acceptors (Lipinski definition) is 6. The van der Waals surface area contributed by atoms with Crippen LogP contribution >= 0.6 is 0 Å². The van der Waals surface area contributed by atoms with Crippen molar-refractivity contribution in [2.75, 3.05) is 0 Å². The molecule has 0 radical (unpaired) electrons. The molecular weight excluding hydrogens is 617 g/mol. The van der Waals surface area contributed by atoms with Gasteiger partial charge in [-0.05, 0) is 97.8 Å². The number of aryl methyl sites for hydroxylation is 2. The van der Waals surface area contributed by atoms with E-state index in [-0.39, 0.29) is 0 Å². The highest BCUT2D eigenvalue weighted by molar-refractivity contribution is 6.12. The fraction of sp³-hybridized carbons (Fsp3) is 0.0476. The van der Waals surface area contributed by atoms with Crippen molar-refractivity contribution in [3.8, 4) is 52.8 Å². The van der Waals surface area contributed by atoms with Crippen molar-refractivity contribution in [2.45, 2.75) is 13.8 Å². The van der Waals surface area contributed by atoms with E-state index in [1.807, 2.05) is 71.5 Å². The summed E-state index contributed by atoms with van der Waals surface area (Å²) in [5, 5.41) is 54.2. The number of aromatic nitrogens is 3. The summed E-state index contributed by atoms with van der Waals surface area (Å²) < 4.78 is 3.90. The van der Waals surface area contributed by atoms with E-state index in [0.29, 0.717) is 61.3 Å². The molecular formula is C42H22N8. The number of hydrogen-bond donors (Lipinski definition) is 0. The van der Waals surface area contributed by atoms with E-state index in [1.54, 1.807) is 48.5 Å². The minimum Gasteiger partial charge on any atom is -0.308 e. The van der Waals surface area contributed by atoms with Gasteiger partial charge in [0, 0.05) is 32.9 Å². The molecule has 0 aliphatic carbocycles. The van der Waals surface area contributed by atoms with Crippen molar-refractivity contribution in [1.29, 1.82) is 26.3 Å². The minimum atomic E-state index is 0.322. The van der Waals surface area contributed by atoms with Crippen molar-refractivity contribution < 1.29 is 0 Å². The smallest absolute Gasteiger partial charge is 0.104 e. The van der Waals surface area contributed by atoms with Crippen LogP contribution in [0.2, 0.25) is 0 Å². The molecule has 8 rings (SSSR count). The van der Waals surface area contributed by atoms with Crippen LogP contribution in [-0.4, -0.2) is 14.1 Å². The number of fused-ring (bicyclic) bond motifs is 6. The molecule has 8 heteroatoms. The second kappa shape index (κ2) is 11.2. The van der Waals surface area contributed by atoms with E-state index in [9.17, 15) is 26.3 Å². The van der Waals surface area contributed by atoms with E-state index < -0.39 is 0 Å². The fourth-order valence-corrected chi connectivity index (χ4v) is 7.08. The zero-order chi connectivity index (χ0) is 34.7. The molecule has 0 saturated heterocycles. The van der Waals surface area contributed by atoms with Gasteiger partial charge in [0.1, 0.15) is 11.6 Å². The van der Waals surface area contributed by atoms with E-state index in [4.69, 9.17) is 0 Å². The Morgan fingerprint density at radius 2 is 0.740 bits per heavy atom. The maximum absolute atomic E-state index is 11.1. The lowest BCUT2D eigenvalue weighted by Gasteiger charge is -2.19. The predicted octanol–water partition coefficient (Wildman–Crippen LogP) is 8.92. The molecule has 8 aromatic rings. The third-order valence-corrected chi connectivity index (χ3v) is 9.16. The van der Waals surface area contributed by atoms with Crippen molar-refractivity contribution in [2.24, 2.45) is 0 Å². The summed E-state index contributed by atoms with van der Waals surface area (Å²) in [5.41, 5.74) is 9.38. The van der Waals surface area contributed by atoms with Crippen LogP contribution in [0.4, 0.5) is 0 Å². The zero-order valence-electron chi connectivity index (χ0n) is 26.8. The van der Waals surface area contributed by atoms with Crippen molar-refractivity contribution >= 4 is 43.6 Å². The molecule has 50 heavy (non-hydrogen) atoms. The Labute approximate surface area is 286 Å². The molecule has 0 N–H and O–H groups in total. The maximum atomic E-state index is 11.1. The molecule has 0 saturated carbocycles. The summed E-state index contributed by atoms with van der Waals surface area (Å²) in [7, 11) is 0. The lowest BCUT2D eigenvalue weighted by atomic mass is 9.99. The first kappa shape index (κ1) is 29.7. The third-order valence-electron chi connectivity index (χ3n) is 9.16. The SMILES string of the molecule is Cc1cc(-c2cc(-n3c4cc(C#N)ccc4c4ccc(C#N)cc43)c(C#N)c(-n3c4cc(C#N)ccc4c4ccc(C#N)cc43)c2)cc(C)n1. The van der Waals surface area contributed by atoms with Crippen LogP contribution in [0.1, 0.15) is 39.2 Å². The van der Waals surface area contributed by atoms with Gasteiger partial charge in [-0.15, -0.1) is 0 Å². The largest absolute Gasteiger partial charge is 0.308 e. The van der Waals surface area contributed by atoms with Gasteiger partial charge in [0.2, 0.25) is 0 Å². The quantitative estimate of drug-likeness (QED) is 0.189. The fourth-order valence-electron chi connectivity index (χ4n) is 7.08. The van der Waals surface area contributed by atoms with Crippen molar-refractivity contribution in [3.63, 3.8) is 0 Å². The molecule has 3 heterocycles. The summed E-state index contributed by atoms with van der Waals surface area (Å²) in [6.45, 7) is 3.86. The zero-order valence-corrected chi connectivity index (χ0v) is 26.8. The number of rotatable bonds is 3. The van der Waals surface area contributed by atoms with Gasteiger partial charge in [-0.1, -0.05) is 24.3 Å². The van der Waals surface area contributed by atoms with Crippen LogP contribution in [0.25, 0.3) is 66.1 Å². The van der Waals surface area contributed by atoms with E-state index in [2.05, 4.69) is 35.3 Å². The van der Waals surface area contributed by atoms with E-state index in [1.165, 1.54) is 0 Å². The van der Waals surface area contributed by atoms with E-state index >= 15 is 0 Å². The Bertz CT molecular complexity index is 2680. The van der Waals surface area contributed by atoms with Crippen LogP contribution in [0.15, 0.2) is 97.1 Å². The van der Waals surface area contributed by atoms with Gasteiger partial charge in [-0.25, -0.2) is 0 Å². The van der Waals surface area contributed by atoms with Gasteiger partial charge in [0.15, 0.2) is 0 Å².